The quantitative estimate of drug-likeness (QED) is 0.432. The molecule has 0 heterocycles. The first kappa shape index (κ1) is 1.06. The summed E-state index contributed by atoms with van der Waals surface area (Å²) >= 11 is 0. The van der Waals surface area contributed by atoms with Crippen LogP contribution in [0.2, 0.25) is 0 Å². The van der Waals surface area contributed by atoms with Gasteiger partial charge in [0.25, 0.3) is 5.97 Å². The zero-order chi connectivity index (χ0) is 5.15. The zero-order valence-electron chi connectivity index (χ0n) is 3.93. The SMILES string of the molecule is [2H][C@@H]([3H])C(=O)O. The molecule has 0 aliphatic heterocycles. The second kappa shape index (κ2) is 0.875. The van der Waals surface area contributed by atoms with Crippen LogP contribution in [0, 0.1) is 0 Å². The summed E-state index contributed by atoms with van der Waals surface area (Å²) in [5.41, 5.74) is 0. The van der Waals surface area contributed by atoms with Gasteiger partial charge < -0.3 is 5.11 Å². The highest BCUT2D eigenvalue weighted by Gasteiger charge is 1.65. The molecule has 0 spiro atoms. The number of aliphatic carboxylic acids is 1. The normalized spacial score (nSPS) is 21.0. The van der Waals surface area contributed by atoms with E-state index in [1.165, 1.54) is 0 Å². The topological polar surface area (TPSA) is 37.3 Å². The molecule has 0 saturated heterocycles. The fraction of sp³-hybridized carbons (Fsp3) is 0.500. The molecule has 2 heteroatoms. The van der Waals surface area contributed by atoms with Crippen molar-refractivity contribution in [2.24, 2.45) is 0 Å². The predicted molar refractivity (Wildman–Crippen MR) is 13.3 cm³/mol. The number of rotatable bonds is 0. The number of hydrogen-bond acceptors (Lipinski definition) is 1. The van der Waals surface area contributed by atoms with E-state index < -0.39 is 12.8 Å². The molecule has 0 aromatic carbocycles. The Hall–Kier alpha value is -0.530. The van der Waals surface area contributed by atoms with Crippen LogP contribution < -0.4 is 0 Å². The van der Waals surface area contributed by atoms with Gasteiger partial charge in [-0.15, -0.1) is 0 Å². The van der Waals surface area contributed by atoms with Crippen molar-refractivity contribution in [1.29, 1.82) is 0 Å². The van der Waals surface area contributed by atoms with Gasteiger partial charge in [0.05, 0.1) is 0 Å². The van der Waals surface area contributed by atoms with Crippen molar-refractivity contribution in [2.45, 2.75) is 6.88 Å². The number of carboxylic acids is 1. The molecular weight excluding hydrogens is 56.0 g/mol. The first-order valence-corrected chi connectivity index (χ1v) is 0.716. The van der Waals surface area contributed by atoms with Gasteiger partial charge in [-0.3, -0.25) is 4.79 Å². The molecule has 0 bridgehead atoms. The Kier molecular flexibility index (Phi) is 0.232. The molecule has 0 aromatic heterocycles. The van der Waals surface area contributed by atoms with Gasteiger partial charge in [0.2, 0.25) is 0 Å². The monoisotopic (exact) mass is 63.0 g/mol. The van der Waals surface area contributed by atoms with Crippen molar-refractivity contribution >= 4 is 5.97 Å². The molecule has 0 unspecified atom stereocenters. The van der Waals surface area contributed by atoms with Gasteiger partial charge in [0.1, 0.15) is 0 Å². The molecule has 0 aliphatic rings. The van der Waals surface area contributed by atoms with Crippen LogP contribution >= 0.6 is 0 Å². The highest BCUT2D eigenvalue weighted by Crippen LogP contribution is 1.42. The highest BCUT2D eigenvalue weighted by molar-refractivity contribution is 5.62. The van der Waals surface area contributed by atoms with Crippen molar-refractivity contribution < 1.29 is 12.6 Å². The van der Waals surface area contributed by atoms with Crippen LogP contribution in [-0.2, 0) is 4.79 Å². The van der Waals surface area contributed by atoms with E-state index in [2.05, 4.69) is 0 Å². The number of hydrogen-bond donors (Lipinski definition) is 1. The van der Waals surface area contributed by atoms with E-state index in [-0.39, 0.29) is 0 Å². The van der Waals surface area contributed by atoms with Crippen LogP contribution in [0.25, 0.3) is 0 Å². The predicted octanol–water partition coefficient (Wildman–Crippen LogP) is 0.0909. The van der Waals surface area contributed by atoms with Gasteiger partial charge in [-0.1, -0.05) is 0 Å². The lowest BCUT2D eigenvalue weighted by Crippen LogP contribution is -1.78. The maximum absolute atomic E-state index is 9.32. The second-order valence-electron chi connectivity index (χ2n) is 0.338. The molecule has 0 radical (unpaired) electrons. The van der Waals surface area contributed by atoms with Crippen molar-refractivity contribution in [1.82, 2.24) is 0 Å². The summed E-state index contributed by atoms with van der Waals surface area (Å²) in [6.07, 6.45) is 0. The Labute approximate surface area is 26.9 Å². The molecule has 0 fully saturated rings. The molecule has 2 nitrogen and oxygen atoms in total. The zero-order valence-corrected chi connectivity index (χ0v) is 1.93. The fourth-order valence-electron chi connectivity index (χ4n) is 0. The Morgan fingerprint density at radius 1 is 3.00 bits per heavy atom. The van der Waals surface area contributed by atoms with E-state index in [0.29, 0.717) is 0 Å². The minimum Gasteiger partial charge on any atom is -0.481 e. The summed E-state index contributed by atoms with van der Waals surface area (Å²) in [7, 11) is 0. The maximum Gasteiger partial charge on any atom is 0.300 e. The molecule has 0 amide bonds. The van der Waals surface area contributed by atoms with Gasteiger partial charge in [-0.05, 0) is 0 Å². The summed E-state index contributed by atoms with van der Waals surface area (Å²) in [6, 6.07) is 0. The first-order chi connectivity index (χ1) is 2.64. The lowest BCUT2D eigenvalue weighted by molar-refractivity contribution is -0.134. The van der Waals surface area contributed by atoms with Gasteiger partial charge >= 0.3 is 0 Å². The van der Waals surface area contributed by atoms with Crippen LogP contribution in [0.15, 0.2) is 0 Å². The summed E-state index contributed by atoms with van der Waals surface area (Å²) in [5, 5.41) is 7.62. The smallest absolute Gasteiger partial charge is 0.300 e. The average molecular weight is 63.1 g/mol. The molecule has 0 aliphatic carbocycles. The summed E-state index contributed by atoms with van der Waals surface area (Å²) < 4.78 is 12.2. The lowest BCUT2D eigenvalue weighted by atomic mass is 10.9. The van der Waals surface area contributed by atoms with Crippen LogP contribution in [0.1, 0.15) is 9.62 Å². The van der Waals surface area contributed by atoms with E-state index in [0.717, 1.165) is 0 Å². The molecule has 1 atom stereocenters. The minimum atomic E-state index is -1.73. The van der Waals surface area contributed by atoms with Crippen LogP contribution in [0.3, 0.4) is 0 Å². The third-order valence-electron chi connectivity index (χ3n) is 0. The van der Waals surface area contributed by atoms with Crippen molar-refractivity contribution in [3.05, 3.63) is 0 Å². The standard InChI is InChI=1S/C2H4O2/c1-2(3)4/h1H3,(H,3,4)/i1TD/t1-/m0/s1. The largest absolute Gasteiger partial charge is 0.481 e. The van der Waals surface area contributed by atoms with Crippen LogP contribution in [0.4, 0.5) is 0 Å². The Morgan fingerprint density at radius 2 is 3.25 bits per heavy atom. The van der Waals surface area contributed by atoms with Gasteiger partial charge in [0.15, 0.2) is 0 Å². The summed E-state index contributed by atoms with van der Waals surface area (Å²) in [5.74, 6) is -1.41. The van der Waals surface area contributed by atoms with Crippen molar-refractivity contribution in [2.75, 3.05) is 0 Å². The fourth-order valence-corrected chi connectivity index (χ4v) is 0. The Morgan fingerprint density at radius 3 is 3.25 bits per heavy atom. The highest BCUT2D eigenvalue weighted by atomic mass is 16.4. The summed E-state index contributed by atoms with van der Waals surface area (Å²) in [6.45, 7) is -1.73. The van der Waals surface area contributed by atoms with Crippen LogP contribution in [-0.4, -0.2) is 11.1 Å². The average Bonchev–Trinajstić information content (AvgIpc) is 1.36. The van der Waals surface area contributed by atoms with Crippen LogP contribution in [0.5, 0.6) is 0 Å². The third kappa shape index (κ3) is 1.16. The minimum absolute atomic E-state index is 1.41. The van der Waals surface area contributed by atoms with E-state index in [4.69, 9.17) is 7.85 Å². The molecule has 4 heavy (non-hydrogen) atoms. The second-order valence-corrected chi connectivity index (χ2v) is 0.338. The molecule has 1 N–H and O–H groups in total. The molecule has 0 rings (SSSR count). The van der Waals surface area contributed by atoms with E-state index >= 15 is 0 Å². The van der Waals surface area contributed by atoms with Gasteiger partial charge in [0, 0.05) is 9.62 Å². The number of carboxylic acid groups (broad SMARTS) is 1. The Bertz CT molecular complexity index is 60.6. The summed E-state index contributed by atoms with van der Waals surface area (Å²) in [4.78, 5) is 9.32. The molecule has 0 saturated carbocycles. The lowest BCUT2D eigenvalue weighted by Gasteiger charge is -1.59. The molecule has 24 valence electrons. The van der Waals surface area contributed by atoms with Gasteiger partial charge in [-0.2, -0.15) is 0 Å². The molecular formula is C2H4O2. The maximum atomic E-state index is 9.32. The van der Waals surface area contributed by atoms with E-state index in [9.17, 15) is 4.79 Å². The number of carbonyl (C=O) groups is 1. The molecule has 0 aromatic rings. The van der Waals surface area contributed by atoms with Crippen molar-refractivity contribution in [3.8, 4) is 0 Å². The first-order valence-electron chi connectivity index (χ1n) is 1.87. The Balaban J connectivity index is 3.26. The van der Waals surface area contributed by atoms with E-state index in [1.807, 2.05) is 0 Å². The van der Waals surface area contributed by atoms with Crippen molar-refractivity contribution in [3.63, 3.8) is 0 Å². The van der Waals surface area contributed by atoms with E-state index in [1.54, 1.807) is 0 Å². The third-order valence-corrected chi connectivity index (χ3v) is 0. The van der Waals surface area contributed by atoms with Gasteiger partial charge in [-0.25, -0.2) is 0 Å².